The molecule has 0 aliphatic rings. The van der Waals surface area contributed by atoms with Crippen molar-refractivity contribution >= 4 is 28.3 Å². The fourth-order valence-electron chi connectivity index (χ4n) is 1.52. The molecule has 2 aromatic heterocycles. The van der Waals surface area contributed by atoms with E-state index in [1.54, 1.807) is 22.6 Å². The Hall–Kier alpha value is -1.88. The van der Waals surface area contributed by atoms with E-state index in [1.165, 1.54) is 6.33 Å². The van der Waals surface area contributed by atoms with E-state index in [0.717, 1.165) is 5.52 Å². The van der Waals surface area contributed by atoms with Crippen molar-refractivity contribution in [2.45, 2.75) is 0 Å². The van der Waals surface area contributed by atoms with Crippen molar-refractivity contribution < 1.29 is 5.11 Å². The fraction of sp³-hybridized carbons (Fsp3) is 0. The lowest BCUT2D eigenvalue weighted by molar-refractivity contribution is 0.458. The Bertz CT molecular complexity index is 664. The summed E-state index contributed by atoms with van der Waals surface area (Å²) in [5.74, 6) is -0.151. The lowest BCUT2D eigenvalue weighted by Crippen LogP contribution is -1.91. The van der Waals surface area contributed by atoms with E-state index in [1.807, 2.05) is 0 Å². The van der Waals surface area contributed by atoms with Crippen molar-refractivity contribution in [3.8, 4) is 5.88 Å². The maximum atomic E-state index is 9.57. The largest absolute Gasteiger partial charge is 0.491 e. The van der Waals surface area contributed by atoms with E-state index >= 15 is 0 Å². The Kier molecular flexibility index (Phi) is 1.58. The second kappa shape index (κ2) is 2.80. The minimum atomic E-state index is -0.151. The summed E-state index contributed by atoms with van der Waals surface area (Å²) in [5, 5.41) is 17.6. The van der Waals surface area contributed by atoms with Gasteiger partial charge in [-0.15, -0.1) is 10.2 Å². The van der Waals surface area contributed by atoms with Crippen molar-refractivity contribution in [3.05, 3.63) is 29.5 Å². The Morgan fingerprint density at radius 2 is 2.20 bits per heavy atom. The summed E-state index contributed by atoms with van der Waals surface area (Å²) in [6, 6.07) is 5.23. The topological polar surface area (TPSA) is 63.3 Å². The molecule has 1 aromatic carbocycles. The molecule has 0 saturated heterocycles. The second-order valence-corrected chi connectivity index (χ2v) is 3.53. The first-order valence-electron chi connectivity index (χ1n) is 4.24. The number of fused-ring (bicyclic) bond motifs is 3. The standard InChI is InChI=1S/C9H5ClN4O/c10-5-1-2-7-6(3-5)12-9(15)8-13-11-4-14(7)8/h1-4H,(H,12,15). The monoisotopic (exact) mass is 220 g/mol. The van der Waals surface area contributed by atoms with Crippen LogP contribution in [0, 0.1) is 0 Å². The molecule has 0 saturated carbocycles. The highest BCUT2D eigenvalue weighted by Gasteiger charge is 2.08. The molecule has 0 aliphatic carbocycles. The van der Waals surface area contributed by atoms with Gasteiger partial charge in [-0.25, -0.2) is 4.98 Å². The van der Waals surface area contributed by atoms with Gasteiger partial charge in [0, 0.05) is 5.02 Å². The fourth-order valence-corrected chi connectivity index (χ4v) is 1.68. The number of benzene rings is 1. The molecule has 1 N–H and O–H groups in total. The summed E-state index contributed by atoms with van der Waals surface area (Å²) >= 11 is 5.83. The summed E-state index contributed by atoms with van der Waals surface area (Å²) in [6.07, 6.45) is 1.52. The predicted molar refractivity (Wildman–Crippen MR) is 55.0 cm³/mol. The number of hydrogen-bond donors (Lipinski definition) is 1. The van der Waals surface area contributed by atoms with Crippen LogP contribution in [0.3, 0.4) is 0 Å². The van der Waals surface area contributed by atoms with Gasteiger partial charge in [-0.1, -0.05) is 11.6 Å². The third-order valence-electron chi connectivity index (χ3n) is 2.17. The molecule has 6 heteroatoms. The van der Waals surface area contributed by atoms with Crippen LogP contribution in [0.2, 0.25) is 5.02 Å². The maximum absolute atomic E-state index is 9.57. The predicted octanol–water partition coefficient (Wildman–Crippen LogP) is 1.64. The van der Waals surface area contributed by atoms with Crippen LogP contribution in [0.4, 0.5) is 0 Å². The van der Waals surface area contributed by atoms with Crippen LogP contribution >= 0.6 is 11.6 Å². The summed E-state index contributed by atoms with van der Waals surface area (Å²) in [4.78, 5) is 3.98. The lowest BCUT2D eigenvalue weighted by atomic mass is 10.3. The maximum Gasteiger partial charge on any atom is 0.258 e. The third kappa shape index (κ3) is 1.13. The minimum Gasteiger partial charge on any atom is -0.491 e. The number of nitrogens with zero attached hydrogens (tertiary/aromatic N) is 4. The molecule has 15 heavy (non-hydrogen) atoms. The Balaban J connectivity index is 2.60. The molecule has 3 rings (SSSR count). The van der Waals surface area contributed by atoms with E-state index in [2.05, 4.69) is 15.2 Å². The highest BCUT2D eigenvalue weighted by molar-refractivity contribution is 6.31. The lowest BCUT2D eigenvalue weighted by Gasteiger charge is -2.01. The molecule has 0 aliphatic heterocycles. The average Bonchev–Trinajstić information content (AvgIpc) is 2.66. The SMILES string of the molecule is Oc1nc2cc(Cl)ccc2n2cnnc12. The molecule has 0 fully saturated rings. The molecule has 0 bridgehead atoms. The summed E-state index contributed by atoms with van der Waals surface area (Å²) in [6.45, 7) is 0. The number of halogens is 1. The molecular weight excluding hydrogens is 216 g/mol. The van der Waals surface area contributed by atoms with Crippen molar-refractivity contribution in [2.75, 3.05) is 0 Å². The van der Waals surface area contributed by atoms with E-state index in [9.17, 15) is 5.11 Å². The summed E-state index contributed by atoms with van der Waals surface area (Å²) in [5.41, 5.74) is 1.74. The van der Waals surface area contributed by atoms with E-state index in [4.69, 9.17) is 11.6 Å². The first kappa shape index (κ1) is 8.43. The molecular formula is C9H5ClN4O. The van der Waals surface area contributed by atoms with Gasteiger partial charge in [0.1, 0.15) is 6.33 Å². The normalized spacial score (nSPS) is 11.3. The zero-order chi connectivity index (χ0) is 10.4. The van der Waals surface area contributed by atoms with Crippen LogP contribution in [0.1, 0.15) is 0 Å². The van der Waals surface area contributed by atoms with E-state index in [0.29, 0.717) is 16.2 Å². The van der Waals surface area contributed by atoms with Crippen LogP contribution in [-0.4, -0.2) is 24.7 Å². The smallest absolute Gasteiger partial charge is 0.258 e. The molecule has 0 radical (unpaired) electrons. The molecule has 5 nitrogen and oxygen atoms in total. The van der Waals surface area contributed by atoms with Gasteiger partial charge >= 0.3 is 0 Å². The van der Waals surface area contributed by atoms with Gasteiger partial charge in [-0.05, 0) is 18.2 Å². The van der Waals surface area contributed by atoms with Crippen molar-refractivity contribution in [1.29, 1.82) is 0 Å². The highest BCUT2D eigenvalue weighted by atomic mass is 35.5. The highest BCUT2D eigenvalue weighted by Crippen LogP contribution is 2.22. The van der Waals surface area contributed by atoms with Gasteiger partial charge in [0.15, 0.2) is 0 Å². The minimum absolute atomic E-state index is 0.151. The zero-order valence-electron chi connectivity index (χ0n) is 7.42. The Morgan fingerprint density at radius 3 is 3.07 bits per heavy atom. The first-order chi connectivity index (χ1) is 7.25. The van der Waals surface area contributed by atoms with E-state index < -0.39 is 0 Å². The summed E-state index contributed by atoms with van der Waals surface area (Å²) < 4.78 is 1.66. The van der Waals surface area contributed by atoms with Gasteiger partial charge in [-0.2, -0.15) is 0 Å². The molecule has 3 aromatic rings. The molecule has 0 unspecified atom stereocenters. The van der Waals surface area contributed by atoms with Gasteiger partial charge in [0.25, 0.3) is 5.88 Å². The first-order valence-corrected chi connectivity index (χ1v) is 4.61. The number of rotatable bonds is 0. The van der Waals surface area contributed by atoms with Crippen LogP contribution in [0.5, 0.6) is 5.88 Å². The third-order valence-corrected chi connectivity index (χ3v) is 2.41. The average molecular weight is 221 g/mol. The Morgan fingerprint density at radius 1 is 1.33 bits per heavy atom. The van der Waals surface area contributed by atoms with Gasteiger partial charge < -0.3 is 5.11 Å². The van der Waals surface area contributed by atoms with Crippen molar-refractivity contribution in [1.82, 2.24) is 19.6 Å². The Labute approximate surface area is 89.0 Å². The summed E-state index contributed by atoms with van der Waals surface area (Å²) in [7, 11) is 0. The van der Waals surface area contributed by atoms with Gasteiger partial charge in [0.2, 0.25) is 5.65 Å². The van der Waals surface area contributed by atoms with Crippen LogP contribution < -0.4 is 0 Å². The van der Waals surface area contributed by atoms with Crippen LogP contribution in [0.25, 0.3) is 16.7 Å². The molecule has 2 heterocycles. The molecule has 0 spiro atoms. The molecule has 74 valence electrons. The number of hydrogen-bond acceptors (Lipinski definition) is 4. The van der Waals surface area contributed by atoms with E-state index in [-0.39, 0.29) is 5.88 Å². The zero-order valence-corrected chi connectivity index (χ0v) is 8.18. The van der Waals surface area contributed by atoms with Gasteiger partial charge in [0.05, 0.1) is 11.0 Å². The molecule has 0 atom stereocenters. The van der Waals surface area contributed by atoms with Crippen molar-refractivity contribution in [2.24, 2.45) is 0 Å². The molecule has 0 amide bonds. The van der Waals surface area contributed by atoms with Crippen LogP contribution in [-0.2, 0) is 0 Å². The second-order valence-electron chi connectivity index (χ2n) is 3.09. The number of aromatic hydroxyl groups is 1. The number of aromatic nitrogens is 4. The quantitative estimate of drug-likeness (QED) is 0.626. The van der Waals surface area contributed by atoms with Crippen LogP contribution in [0.15, 0.2) is 24.5 Å². The van der Waals surface area contributed by atoms with Gasteiger partial charge in [-0.3, -0.25) is 4.40 Å². The van der Waals surface area contributed by atoms with Crippen molar-refractivity contribution in [3.63, 3.8) is 0 Å².